The molecule has 2 N–H and O–H groups in total. The average molecular weight is 290 g/mol. The molecule has 0 amide bonds. The van der Waals surface area contributed by atoms with Gasteiger partial charge < -0.3 is 10.4 Å². The third-order valence-corrected chi connectivity index (χ3v) is 4.61. The van der Waals surface area contributed by atoms with Gasteiger partial charge in [-0.1, -0.05) is 43.5 Å². The van der Waals surface area contributed by atoms with Crippen molar-refractivity contribution in [2.24, 2.45) is 0 Å². The van der Waals surface area contributed by atoms with E-state index in [1.54, 1.807) is 0 Å². The summed E-state index contributed by atoms with van der Waals surface area (Å²) >= 11 is 0. The lowest BCUT2D eigenvalue weighted by Gasteiger charge is -2.23. The third kappa shape index (κ3) is 2.15. The second kappa shape index (κ2) is 5.29. The second-order valence-electron chi connectivity index (χ2n) is 6.12. The molecule has 3 nitrogen and oxygen atoms in total. The van der Waals surface area contributed by atoms with Crippen LogP contribution in [-0.2, 0) is 11.3 Å². The molecule has 2 aliphatic carbocycles. The van der Waals surface area contributed by atoms with Crippen molar-refractivity contribution >= 4 is 19.0 Å². The Hall–Kier alpha value is -2.07. The van der Waals surface area contributed by atoms with E-state index in [4.69, 9.17) is 10.4 Å². The Bertz CT molecular complexity index is 753. The van der Waals surface area contributed by atoms with Crippen LogP contribution >= 0.6 is 0 Å². The zero-order chi connectivity index (χ0) is 15.1. The van der Waals surface area contributed by atoms with Crippen LogP contribution in [-0.4, -0.2) is 13.3 Å². The number of carbonyl (C=O) groups is 1. The summed E-state index contributed by atoms with van der Waals surface area (Å²) in [6.07, 6.45) is 3.70. The molecule has 109 valence electrons. The van der Waals surface area contributed by atoms with E-state index in [9.17, 15) is 4.79 Å². The summed E-state index contributed by atoms with van der Waals surface area (Å²) < 4.78 is 5.72. The lowest BCUT2D eigenvalue weighted by Crippen LogP contribution is -2.16. The Balaban J connectivity index is 1.66. The molecule has 0 aromatic heterocycles. The highest BCUT2D eigenvalue weighted by molar-refractivity contribution is 6.30. The Morgan fingerprint density at radius 2 is 1.91 bits per heavy atom. The highest BCUT2D eigenvalue weighted by atomic mass is 16.4. The van der Waals surface area contributed by atoms with Gasteiger partial charge in [0.05, 0.1) is 6.61 Å². The van der Waals surface area contributed by atoms with E-state index in [-0.39, 0.29) is 5.78 Å². The number of carbonyl (C=O) groups excluding carboxylic acids is 1. The second-order valence-corrected chi connectivity index (χ2v) is 6.12. The molecule has 0 heterocycles. The van der Waals surface area contributed by atoms with Gasteiger partial charge in [0.25, 0.3) is 7.48 Å². The zero-order valence-corrected chi connectivity index (χ0v) is 12.3. The summed E-state index contributed by atoms with van der Waals surface area (Å²) in [6.45, 7) is 0.406. The van der Waals surface area contributed by atoms with Crippen molar-refractivity contribution in [1.82, 2.24) is 0 Å². The first kappa shape index (κ1) is 13.6. The Labute approximate surface area is 130 Å². The molecule has 4 heteroatoms. The number of nitrogens with two attached hydrogens (primary N) is 1. The highest BCUT2D eigenvalue weighted by Gasteiger charge is 2.29. The van der Waals surface area contributed by atoms with Crippen molar-refractivity contribution in [2.45, 2.75) is 31.7 Å². The van der Waals surface area contributed by atoms with E-state index in [2.05, 4.69) is 0 Å². The Morgan fingerprint density at radius 3 is 2.64 bits per heavy atom. The molecule has 2 aliphatic rings. The van der Waals surface area contributed by atoms with Crippen molar-refractivity contribution in [3.63, 3.8) is 0 Å². The van der Waals surface area contributed by atoms with Crippen LogP contribution in [0.3, 0.4) is 0 Å². The van der Waals surface area contributed by atoms with Crippen LogP contribution in [0.2, 0.25) is 5.82 Å². The first-order valence-electron chi connectivity index (χ1n) is 7.75. The van der Waals surface area contributed by atoms with E-state index in [1.165, 1.54) is 19.3 Å². The van der Waals surface area contributed by atoms with Crippen LogP contribution in [0.1, 0.15) is 40.7 Å². The maximum Gasteiger partial charge on any atom is 0.296 e. The van der Waals surface area contributed by atoms with Crippen molar-refractivity contribution in [3.05, 3.63) is 53.1 Å². The van der Waals surface area contributed by atoms with Gasteiger partial charge >= 0.3 is 0 Å². The fraction of sp³-hybridized carbons (Fsp3) is 0.278. The lowest BCUT2D eigenvalue weighted by atomic mass is 9.66. The molecule has 0 atom stereocenters. The molecule has 0 saturated heterocycles. The minimum Gasteiger partial charge on any atom is -0.436 e. The normalized spacial score (nSPS) is 16.1. The number of anilines is 1. The summed E-state index contributed by atoms with van der Waals surface area (Å²) in [4.78, 5) is 12.7. The molecule has 2 aromatic rings. The summed E-state index contributed by atoms with van der Waals surface area (Å²) in [5.41, 5.74) is 11.0. The van der Waals surface area contributed by atoms with Crippen molar-refractivity contribution in [3.8, 4) is 11.1 Å². The number of benzene rings is 2. The average Bonchev–Trinajstić information content (AvgIpc) is 2.75. The quantitative estimate of drug-likeness (QED) is 0.590. The topological polar surface area (TPSA) is 52.3 Å². The van der Waals surface area contributed by atoms with E-state index in [1.807, 2.05) is 43.9 Å². The smallest absolute Gasteiger partial charge is 0.296 e. The number of rotatable bonds is 4. The largest absolute Gasteiger partial charge is 0.436 e. The minimum absolute atomic E-state index is 0.0767. The van der Waals surface area contributed by atoms with Crippen LogP contribution < -0.4 is 5.73 Å². The van der Waals surface area contributed by atoms with E-state index in [0.717, 1.165) is 27.8 Å². The van der Waals surface area contributed by atoms with Gasteiger partial charge in [-0.15, -0.1) is 0 Å². The molecule has 0 bridgehead atoms. The number of ketones is 1. The van der Waals surface area contributed by atoms with E-state index in [0.29, 0.717) is 18.1 Å². The molecular formula is C18H17BNO2. The molecule has 1 saturated carbocycles. The van der Waals surface area contributed by atoms with Crippen LogP contribution in [0.5, 0.6) is 0 Å². The van der Waals surface area contributed by atoms with Gasteiger partial charge in [-0.25, -0.2) is 0 Å². The third-order valence-electron chi connectivity index (χ3n) is 4.61. The fourth-order valence-electron chi connectivity index (χ4n) is 3.22. The predicted octanol–water partition coefficient (Wildman–Crippen LogP) is 3.59. The summed E-state index contributed by atoms with van der Waals surface area (Å²) in [7, 11) is 1.92. The fourth-order valence-corrected chi connectivity index (χ4v) is 3.22. The molecule has 22 heavy (non-hydrogen) atoms. The van der Waals surface area contributed by atoms with Crippen molar-refractivity contribution in [2.75, 3.05) is 5.73 Å². The Morgan fingerprint density at radius 1 is 1.14 bits per heavy atom. The number of nitrogen functional groups attached to an aromatic ring is 1. The number of hydrogen-bond acceptors (Lipinski definition) is 3. The van der Waals surface area contributed by atoms with E-state index < -0.39 is 0 Å². The van der Waals surface area contributed by atoms with Gasteiger partial charge in [0, 0.05) is 16.8 Å². The molecule has 4 rings (SSSR count). The van der Waals surface area contributed by atoms with Crippen LogP contribution in [0.15, 0.2) is 36.4 Å². The van der Waals surface area contributed by atoms with Gasteiger partial charge in [0.15, 0.2) is 5.78 Å². The van der Waals surface area contributed by atoms with Gasteiger partial charge in [0.2, 0.25) is 0 Å². The van der Waals surface area contributed by atoms with Crippen molar-refractivity contribution < 1.29 is 9.45 Å². The van der Waals surface area contributed by atoms with Gasteiger partial charge in [-0.05, 0) is 34.6 Å². The van der Waals surface area contributed by atoms with Gasteiger partial charge in [-0.2, -0.15) is 0 Å². The van der Waals surface area contributed by atoms with E-state index >= 15 is 0 Å². The van der Waals surface area contributed by atoms with Crippen LogP contribution in [0.4, 0.5) is 5.69 Å². The lowest BCUT2D eigenvalue weighted by molar-refractivity contribution is 0.104. The number of hydrogen-bond donors (Lipinski definition) is 1. The molecule has 1 radical (unpaired) electrons. The summed E-state index contributed by atoms with van der Waals surface area (Å²) in [5.74, 6) is 0.648. The maximum atomic E-state index is 12.7. The zero-order valence-electron chi connectivity index (χ0n) is 12.3. The first-order valence-corrected chi connectivity index (χ1v) is 7.75. The molecule has 2 aromatic carbocycles. The molecule has 1 fully saturated rings. The first-order chi connectivity index (χ1) is 10.7. The van der Waals surface area contributed by atoms with Gasteiger partial charge in [-0.3, -0.25) is 4.79 Å². The highest BCUT2D eigenvalue weighted by Crippen LogP contribution is 2.40. The monoisotopic (exact) mass is 290 g/mol. The van der Waals surface area contributed by atoms with Crippen molar-refractivity contribution in [1.29, 1.82) is 0 Å². The SMILES string of the molecule is Nc1cc(CO[B]C2CCC2)c2c(c1)-c1ccccc1C2=O. The predicted molar refractivity (Wildman–Crippen MR) is 87.9 cm³/mol. The van der Waals surface area contributed by atoms with Gasteiger partial charge in [0.1, 0.15) is 0 Å². The standard InChI is InChI=1S/C18H17BNO2/c20-13-8-11(10-22-19-12-4-3-5-12)17-16(9-13)14-6-1-2-7-15(14)18(17)21/h1-2,6-9,12H,3-5,10,20H2. The van der Waals surface area contributed by atoms with Crippen LogP contribution in [0.25, 0.3) is 11.1 Å². The Kier molecular flexibility index (Phi) is 3.27. The maximum absolute atomic E-state index is 12.7. The molecule has 0 spiro atoms. The molecular weight excluding hydrogens is 273 g/mol. The van der Waals surface area contributed by atoms with Crippen LogP contribution in [0, 0.1) is 0 Å². The summed E-state index contributed by atoms with van der Waals surface area (Å²) in [6, 6.07) is 11.4. The number of fused-ring (bicyclic) bond motifs is 3. The molecule has 0 aliphatic heterocycles. The minimum atomic E-state index is 0.0767. The summed E-state index contributed by atoms with van der Waals surface area (Å²) in [5, 5.41) is 0. The molecule has 0 unspecified atom stereocenters.